The van der Waals surface area contributed by atoms with Crippen molar-refractivity contribution in [1.29, 1.82) is 0 Å². The van der Waals surface area contributed by atoms with E-state index >= 15 is 0 Å². The van der Waals surface area contributed by atoms with E-state index in [1.165, 1.54) is 11.1 Å². The first-order valence-electron chi connectivity index (χ1n) is 5.63. The lowest BCUT2D eigenvalue weighted by Gasteiger charge is -2.08. The molecule has 0 aliphatic carbocycles. The number of aryl methyl sites for hydroxylation is 2. The molecule has 0 aliphatic rings. The molecule has 1 aromatic heterocycles. The molecular formula is C14H17NO. The number of rotatable bonds is 1. The number of benzene rings is 1. The molecule has 2 heteroatoms. The SMILES string of the molecule is Cc1cc2cc(C(C)C)c(=O)[nH]c2cc1C. The van der Waals surface area contributed by atoms with E-state index < -0.39 is 0 Å². The summed E-state index contributed by atoms with van der Waals surface area (Å²) in [5.41, 5.74) is 4.29. The second-order valence-electron chi connectivity index (χ2n) is 4.73. The van der Waals surface area contributed by atoms with Crippen molar-refractivity contribution in [3.63, 3.8) is 0 Å². The van der Waals surface area contributed by atoms with Gasteiger partial charge in [-0.05, 0) is 54.5 Å². The fourth-order valence-corrected chi connectivity index (χ4v) is 1.92. The average Bonchev–Trinajstić information content (AvgIpc) is 2.19. The molecule has 0 saturated heterocycles. The molecule has 16 heavy (non-hydrogen) atoms. The maximum atomic E-state index is 11.8. The van der Waals surface area contributed by atoms with Gasteiger partial charge in [-0.3, -0.25) is 4.79 Å². The molecule has 2 rings (SSSR count). The topological polar surface area (TPSA) is 32.9 Å². The van der Waals surface area contributed by atoms with Crippen molar-refractivity contribution in [1.82, 2.24) is 4.98 Å². The van der Waals surface area contributed by atoms with E-state index in [-0.39, 0.29) is 11.5 Å². The van der Waals surface area contributed by atoms with Crippen molar-refractivity contribution in [2.75, 3.05) is 0 Å². The Bertz CT molecular complexity index is 593. The van der Waals surface area contributed by atoms with E-state index in [1.807, 2.05) is 26.0 Å². The van der Waals surface area contributed by atoms with Crippen molar-refractivity contribution < 1.29 is 0 Å². The zero-order valence-corrected chi connectivity index (χ0v) is 10.2. The molecule has 0 spiro atoms. The maximum absolute atomic E-state index is 11.8. The molecule has 0 aliphatic heterocycles. The molecule has 0 unspecified atom stereocenters. The zero-order valence-electron chi connectivity index (χ0n) is 10.2. The maximum Gasteiger partial charge on any atom is 0.251 e. The van der Waals surface area contributed by atoms with Crippen LogP contribution in [0.2, 0.25) is 0 Å². The molecule has 0 bridgehead atoms. The van der Waals surface area contributed by atoms with E-state index in [9.17, 15) is 4.79 Å². The largest absolute Gasteiger partial charge is 0.322 e. The van der Waals surface area contributed by atoms with Gasteiger partial charge in [0.05, 0.1) is 0 Å². The molecule has 0 amide bonds. The van der Waals surface area contributed by atoms with Crippen molar-refractivity contribution in [2.45, 2.75) is 33.6 Å². The second-order valence-corrected chi connectivity index (χ2v) is 4.73. The van der Waals surface area contributed by atoms with Crippen LogP contribution < -0.4 is 5.56 Å². The Hall–Kier alpha value is -1.57. The van der Waals surface area contributed by atoms with Crippen LogP contribution in [-0.4, -0.2) is 4.98 Å². The number of hydrogen-bond donors (Lipinski definition) is 1. The highest BCUT2D eigenvalue weighted by Crippen LogP contribution is 2.19. The van der Waals surface area contributed by atoms with Crippen LogP contribution in [0.5, 0.6) is 0 Å². The summed E-state index contributed by atoms with van der Waals surface area (Å²) in [4.78, 5) is 14.8. The minimum absolute atomic E-state index is 0.0331. The van der Waals surface area contributed by atoms with Crippen molar-refractivity contribution in [3.05, 3.63) is 45.2 Å². The third-order valence-electron chi connectivity index (χ3n) is 3.11. The standard InChI is InChI=1S/C14H17NO/c1-8(2)12-7-11-5-9(3)10(4)6-13(11)15-14(12)16/h5-8H,1-4H3,(H,15,16). The number of aromatic amines is 1. The van der Waals surface area contributed by atoms with Crippen LogP contribution in [-0.2, 0) is 0 Å². The van der Waals surface area contributed by atoms with Crippen molar-refractivity contribution in [3.8, 4) is 0 Å². The van der Waals surface area contributed by atoms with E-state index in [4.69, 9.17) is 0 Å². The highest BCUT2D eigenvalue weighted by molar-refractivity contribution is 5.80. The lowest BCUT2D eigenvalue weighted by molar-refractivity contribution is 0.849. The van der Waals surface area contributed by atoms with Gasteiger partial charge in [-0.2, -0.15) is 0 Å². The quantitative estimate of drug-likeness (QED) is 0.778. The molecule has 2 aromatic rings. The monoisotopic (exact) mass is 215 g/mol. The zero-order chi connectivity index (χ0) is 11.9. The molecule has 84 valence electrons. The van der Waals surface area contributed by atoms with Gasteiger partial charge in [-0.25, -0.2) is 0 Å². The number of hydrogen-bond acceptors (Lipinski definition) is 1. The summed E-state index contributed by atoms with van der Waals surface area (Å²) in [7, 11) is 0. The van der Waals surface area contributed by atoms with E-state index in [0.29, 0.717) is 0 Å². The Kier molecular flexibility index (Phi) is 2.58. The molecule has 0 atom stereocenters. The van der Waals surface area contributed by atoms with Gasteiger partial charge in [0.25, 0.3) is 5.56 Å². The van der Waals surface area contributed by atoms with Gasteiger partial charge in [-0.15, -0.1) is 0 Å². The predicted molar refractivity (Wildman–Crippen MR) is 68.1 cm³/mol. The second kappa shape index (κ2) is 3.78. The first-order chi connectivity index (χ1) is 7.49. The summed E-state index contributed by atoms with van der Waals surface area (Å²) >= 11 is 0. The predicted octanol–water partition coefficient (Wildman–Crippen LogP) is 3.27. The number of pyridine rings is 1. The molecule has 1 heterocycles. The van der Waals surface area contributed by atoms with Crippen LogP contribution in [0.4, 0.5) is 0 Å². The summed E-state index contributed by atoms with van der Waals surface area (Å²) < 4.78 is 0. The van der Waals surface area contributed by atoms with Gasteiger partial charge in [0.2, 0.25) is 0 Å². The number of fused-ring (bicyclic) bond motifs is 1. The van der Waals surface area contributed by atoms with Crippen molar-refractivity contribution >= 4 is 10.9 Å². The highest BCUT2D eigenvalue weighted by Gasteiger charge is 2.07. The van der Waals surface area contributed by atoms with E-state index in [1.54, 1.807) is 0 Å². The van der Waals surface area contributed by atoms with Gasteiger partial charge >= 0.3 is 0 Å². The summed E-state index contributed by atoms with van der Waals surface area (Å²) in [5, 5.41) is 1.12. The normalized spacial score (nSPS) is 11.3. The smallest absolute Gasteiger partial charge is 0.251 e. The Morgan fingerprint density at radius 2 is 1.69 bits per heavy atom. The van der Waals surface area contributed by atoms with Crippen LogP contribution in [0.3, 0.4) is 0 Å². The van der Waals surface area contributed by atoms with Gasteiger partial charge in [0.1, 0.15) is 0 Å². The molecule has 0 radical (unpaired) electrons. The summed E-state index contributed by atoms with van der Waals surface area (Å²) in [6.07, 6.45) is 0. The molecule has 1 aromatic carbocycles. The first-order valence-corrected chi connectivity index (χ1v) is 5.63. The van der Waals surface area contributed by atoms with Crippen LogP contribution >= 0.6 is 0 Å². The van der Waals surface area contributed by atoms with Crippen LogP contribution in [0.15, 0.2) is 23.0 Å². The van der Waals surface area contributed by atoms with E-state index in [2.05, 4.69) is 24.9 Å². The molecule has 1 N–H and O–H groups in total. The highest BCUT2D eigenvalue weighted by atomic mass is 16.1. The first kappa shape index (κ1) is 10.9. The summed E-state index contributed by atoms with van der Waals surface area (Å²) in [5.74, 6) is 0.259. The molecule has 0 fully saturated rings. The number of nitrogens with one attached hydrogen (secondary N) is 1. The van der Waals surface area contributed by atoms with Crippen LogP contribution in [0.25, 0.3) is 10.9 Å². The van der Waals surface area contributed by atoms with Crippen LogP contribution in [0, 0.1) is 13.8 Å². The Balaban J connectivity index is 2.80. The van der Waals surface area contributed by atoms with E-state index in [0.717, 1.165) is 16.5 Å². The van der Waals surface area contributed by atoms with Crippen molar-refractivity contribution in [2.24, 2.45) is 0 Å². The average molecular weight is 215 g/mol. The Labute approximate surface area is 95.3 Å². The lowest BCUT2D eigenvalue weighted by atomic mass is 10.0. The molecule has 0 saturated carbocycles. The third-order valence-corrected chi connectivity index (χ3v) is 3.11. The minimum atomic E-state index is 0.0331. The fourth-order valence-electron chi connectivity index (χ4n) is 1.92. The van der Waals surface area contributed by atoms with Crippen LogP contribution in [0.1, 0.15) is 36.5 Å². The third kappa shape index (κ3) is 1.75. The fraction of sp³-hybridized carbons (Fsp3) is 0.357. The number of aromatic nitrogens is 1. The van der Waals surface area contributed by atoms with Gasteiger partial charge in [-0.1, -0.05) is 13.8 Å². The Morgan fingerprint density at radius 3 is 2.31 bits per heavy atom. The number of H-pyrrole nitrogens is 1. The lowest BCUT2D eigenvalue weighted by Crippen LogP contribution is -2.13. The Morgan fingerprint density at radius 1 is 1.06 bits per heavy atom. The van der Waals surface area contributed by atoms with Gasteiger partial charge < -0.3 is 4.98 Å². The molecular weight excluding hydrogens is 198 g/mol. The van der Waals surface area contributed by atoms with Gasteiger partial charge in [0.15, 0.2) is 0 Å². The minimum Gasteiger partial charge on any atom is -0.322 e. The summed E-state index contributed by atoms with van der Waals surface area (Å²) in [6, 6.07) is 6.17. The van der Waals surface area contributed by atoms with Gasteiger partial charge in [0, 0.05) is 11.1 Å². The summed E-state index contributed by atoms with van der Waals surface area (Å²) in [6.45, 7) is 8.23. The molecule has 2 nitrogen and oxygen atoms in total.